The molecule has 1 rings (SSSR count). The molecule has 0 saturated carbocycles. The van der Waals surface area contributed by atoms with Gasteiger partial charge < -0.3 is 0 Å². The van der Waals surface area contributed by atoms with Crippen LogP contribution in [-0.4, -0.2) is 0 Å². The SMILES string of the molecule is C=Cc1cc(CC)cc(CC(C)C)c1. The summed E-state index contributed by atoms with van der Waals surface area (Å²) in [5, 5.41) is 0. The molecule has 1 aromatic rings. The van der Waals surface area contributed by atoms with Crippen molar-refractivity contribution in [3.05, 3.63) is 41.5 Å². The Hall–Kier alpha value is -1.04. The lowest BCUT2D eigenvalue weighted by molar-refractivity contribution is 0.646. The molecule has 0 unspecified atom stereocenters. The van der Waals surface area contributed by atoms with Crippen LogP contribution in [0, 0.1) is 5.92 Å². The van der Waals surface area contributed by atoms with E-state index in [0.29, 0.717) is 0 Å². The summed E-state index contributed by atoms with van der Waals surface area (Å²) < 4.78 is 0. The van der Waals surface area contributed by atoms with Crippen LogP contribution in [0.25, 0.3) is 6.08 Å². The number of aryl methyl sites for hydroxylation is 1. The van der Waals surface area contributed by atoms with Crippen molar-refractivity contribution in [3.63, 3.8) is 0 Å². The summed E-state index contributed by atoms with van der Waals surface area (Å²) in [6, 6.07) is 6.77. The second-order valence-corrected chi connectivity index (χ2v) is 4.24. The zero-order chi connectivity index (χ0) is 10.6. The van der Waals surface area contributed by atoms with Gasteiger partial charge in [-0.3, -0.25) is 0 Å². The summed E-state index contributed by atoms with van der Waals surface area (Å²) in [6.45, 7) is 10.5. The van der Waals surface area contributed by atoms with Crippen molar-refractivity contribution in [1.82, 2.24) is 0 Å². The van der Waals surface area contributed by atoms with Crippen LogP contribution in [0.2, 0.25) is 0 Å². The molecule has 0 atom stereocenters. The summed E-state index contributed by atoms with van der Waals surface area (Å²) in [6.07, 6.45) is 4.20. The summed E-state index contributed by atoms with van der Waals surface area (Å²) in [5.74, 6) is 0.722. The molecule has 0 bridgehead atoms. The van der Waals surface area contributed by atoms with E-state index in [0.717, 1.165) is 18.8 Å². The predicted octanol–water partition coefficient (Wildman–Crippen LogP) is 4.09. The maximum atomic E-state index is 3.83. The molecule has 0 aliphatic heterocycles. The Morgan fingerprint density at radius 3 is 2.36 bits per heavy atom. The summed E-state index contributed by atoms with van der Waals surface area (Å²) in [4.78, 5) is 0. The maximum absolute atomic E-state index is 3.83. The van der Waals surface area contributed by atoms with Crippen molar-refractivity contribution in [2.24, 2.45) is 5.92 Å². The van der Waals surface area contributed by atoms with Gasteiger partial charge in [-0.25, -0.2) is 0 Å². The third kappa shape index (κ3) is 3.02. The second kappa shape index (κ2) is 4.99. The van der Waals surface area contributed by atoms with Gasteiger partial charge in [0.1, 0.15) is 0 Å². The van der Waals surface area contributed by atoms with Crippen molar-refractivity contribution in [2.45, 2.75) is 33.6 Å². The standard InChI is InChI=1S/C14H20/c1-5-12-8-13(6-2)10-14(9-12)7-11(3)4/h5,8-11H,1,6-7H2,2-4H3. The molecule has 14 heavy (non-hydrogen) atoms. The zero-order valence-electron chi connectivity index (χ0n) is 9.51. The molecule has 76 valence electrons. The lowest BCUT2D eigenvalue weighted by Crippen LogP contribution is -1.96. The fourth-order valence-electron chi connectivity index (χ4n) is 1.70. The monoisotopic (exact) mass is 188 g/mol. The number of benzene rings is 1. The van der Waals surface area contributed by atoms with Crippen LogP contribution in [-0.2, 0) is 12.8 Å². The van der Waals surface area contributed by atoms with Crippen LogP contribution in [0.1, 0.15) is 37.5 Å². The first-order valence-electron chi connectivity index (χ1n) is 5.41. The Morgan fingerprint density at radius 2 is 1.86 bits per heavy atom. The van der Waals surface area contributed by atoms with E-state index in [-0.39, 0.29) is 0 Å². The molecule has 0 aliphatic carbocycles. The van der Waals surface area contributed by atoms with Crippen LogP contribution in [0.5, 0.6) is 0 Å². The normalized spacial score (nSPS) is 10.6. The number of hydrogen-bond acceptors (Lipinski definition) is 0. The van der Waals surface area contributed by atoms with Gasteiger partial charge in [0.25, 0.3) is 0 Å². The summed E-state index contributed by atoms with van der Waals surface area (Å²) in [7, 11) is 0. The fourth-order valence-corrected chi connectivity index (χ4v) is 1.70. The van der Waals surface area contributed by atoms with Gasteiger partial charge in [-0.05, 0) is 35.4 Å². The van der Waals surface area contributed by atoms with E-state index in [4.69, 9.17) is 0 Å². The van der Waals surface area contributed by atoms with E-state index >= 15 is 0 Å². The first kappa shape index (κ1) is 11.0. The molecule has 0 N–H and O–H groups in total. The van der Waals surface area contributed by atoms with Crippen molar-refractivity contribution in [3.8, 4) is 0 Å². The minimum atomic E-state index is 0.722. The molecule has 1 aromatic carbocycles. The maximum Gasteiger partial charge on any atom is -0.0255 e. The molecule has 0 amide bonds. The minimum Gasteiger partial charge on any atom is -0.0985 e. The van der Waals surface area contributed by atoms with E-state index in [2.05, 4.69) is 45.5 Å². The van der Waals surface area contributed by atoms with Gasteiger partial charge in [0.05, 0.1) is 0 Å². The molecule has 0 saturated heterocycles. The van der Waals surface area contributed by atoms with Crippen LogP contribution in [0.4, 0.5) is 0 Å². The van der Waals surface area contributed by atoms with Gasteiger partial charge in [-0.15, -0.1) is 0 Å². The van der Waals surface area contributed by atoms with E-state index < -0.39 is 0 Å². The molecule has 0 radical (unpaired) electrons. The molecule has 0 aliphatic rings. The molecule has 0 aromatic heterocycles. The first-order valence-corrected chi connectivity index (χ1v) is 5.41. The van der Waals surface area contributed by atoms with E-state index in [1.54, 1.807) is 0 Å². The van der Waals surface area contributed by atoms with Gasteiger partial charge in [-0.1, -0.05) is 51.6 Å². The third-order valence-corrected chi connectivity index (χ3v) is 2.36. The van der Waals surface area contributed by atoms with Crippen molar-refractivity contribution in [1.29, 1.82) is 0 Å². The largest absolute Gasteiger partial charge is 0.0985 e. The van der Waals surface area contributed by atoms with Gasteiger partial charge in [0.2, 0.25) is 0 Å². The topological polar surface area (TPSA) is 0 Å². The highest BCUT2D eigenvalue weighted by molar-refractivity contribution is 5.50. The number of hydrogen-bond donors (Lipinski definition) is 0. The van der Waals surface area contributed by atoms with E-state index in [1.165, 1.54) is 16.7 Å². The predicted molar refractivity (Wildman–Crippen MR) is 64.5 cm³/mol. The second-order valence-electron chi connectivity index (χ2n) is 4.24. The van der Waals surface area contributed by atoms with Crippen molar-refractivity contribution >= 4 is 6.08 Å². The smallest absolute Gasteiger partial charge is 0.0255 e. The lowest BCUT2D eigenvalue weighted by atomic mass is 9.97. The molecule has 0 heteroatoms. The highest BCUT2D eigenvalue weighted by Gasteiger charge is 2.00. The first-order chi connectivity index (χ1) is 6.65. The Kier molecular flexibility index (Phi) is 3.94. The molecule has 0 spiro atoms. The Balaban J connectivity index is 2.98. The van der Waals surface area contributed by atoms with Gasteiger partial charge in [0.15, 0.2) is 0 Å². The summed E-state index contributed by atoms with van der Waals surface area (Å²) in [5.41, 5.74) is 4.10. The number of rotatable bonds is 4. The molecular formula is C14H20. The lowest BCUT2D eigenvalue weighted by Gasteiger charge is -2.08. The molecule has 0 heterocycles. The highest BCUT2D eigenvalue weighted by Crippen LogP contribution is 2.15. The quantitative estimate of drug-likeness (QED) is 0.667. The van der Waals surface area contributed by atoms with Crippen molar-refractivity contribution < 1.29 is 0 Å². The van der Waals surface area contributed by atoms with Crippen LogP contribution >= 0.6 is 0 Å². The van der Waals surface area contributed by atoms with Crippen molar-refractivity contribution in [2.75, 3.05) is 0 Å². The highest BCUT2D eigenvalue weighted by atomic mass is 14.1. The third-order valence-electron chi connectivity index (χ3n) is 2.36. The van der Waals surface area contributed by atoms with Gasteiger partial charge in [0, 0.05) is 0 Å². The fraction of sp³-hybridized carbons (Fsp3) is 0.429. The van der Waals surface area contributed by atoms with E-state index in [1.807, 2.05) is 6.08 Å². The summed E-state index contributed by atoms with van der Waals surface area (Å²) >= 11 is 0. The minimum absolute atomic E-state index is 0.722. The van der Waals surface area contributed by atoms with Crippen LogP contribution in [0.15, 0.2) is 24.8 Å². The Bertz CT molecular complexity index is 308. The van der Waals surface area contributed by atoms with Crippen LogP contribution < -0.4 is 0 Å². The zero-order valence-corrected chi connectivity index (χ0v) is 9.51. The van der Waals surface area contributed by atoms with Gasteiger partial charge >= 0.3 is 0 Å². The molecular weight excluding hydrogens is 168 g/mol. The average Bonchev–Trinajstić information content (AvgIpc) is 2.16. The molecule has 0 nitrogen and oxygen atoms in total. The Morgan fingerprint density at radius 1 is 1.21 bits per heavy atom. The van der Waals surface area contributed by atoms with E-state index in [9.17, 15) is 0 Å². The average molecular weight is 188 g/mol. The van der Waals surface area contributed by atoms with Gasteiger partial charge in [-0.2, -0.15) is 0 Å². The Labute approximate surface area is 87.7 Å². The molecule has 0 fully saturated rings. The van der Waals surface area contributed by atoms with Crippen LogP contribution in [0.3, 0.4) is 0 Å².